The first-order valence-corrected chi connectivity index (χ1v) is 8.87. The normalized spacial score (nSPS) is 27.0. The molecule has 1 aliphatic heterocycles. The van der Waals surface area contributed by atoms with E-state index in [-0.39, 0.29) is 30.3 Å². The molecule has 1 aromatic carbocycles. The smallest absolute Gasteiger partial charge is 0.225 e. The Morgan fingerprint density at radius 1 is 1.29 bits per heavy atom. The van der Waals surface area contributed by atoms with Gasteiger partial charge in [0.25, 0.3) is 0 Å². The molecule has 130 valence electrons. The molecule has 2 fully saturated rings. The minimum Gasteiger partial charge on any atom is -0.349 e. The highest BCUT2D eigenvalue weighted by Gasteiger charge is 2.42. The fourth-order valence-electron chi connectivity index (χ4n) is 4.01. The maximum atomic E-state index is 12.7. The van der Waals surface area contributed by atoms with Gasteiger partial charge in [0, 0.05) is 31.1 Å². The maximum absolute atomic E-state index is 12.7. The molecule has 24 heavy (non-hydrogen) atoms. The summed E-state index contributed by atoms with van der Waals surface area (Å²) in [5, 5.41) is 3.51. The van der Waals surface area contributed by atoms with Crippen molar-refractivity contribution in [2.75, 3.05) is 13.1 Å². The lowest BCUT2D eigenvalue weighted by Crippen LogP contribution is -2.36. The number of halogens is 1. The molecule has 4 unspecified atom stereocenters. The standard InChI is InChI=1S/C18H24ClN3O2/c1-11(23)21-17(12-2-5-14(19)6-3-12)8-18(24)22-9-13-4-7-16(20)15(13)10-22/h2-3,5-6,13,15-17H,4,7-10,20H2,1H3,(H,21,23). The number of carbonyl (C=O) groups excluding carboxylic acids is 2. The Balaban J connectivity index is 1.67. The van der Waals surface area contributed by atoms with Gasteiger partial charge in [0.1, 0.15) is 0 Å². The number of nitrogens with one attached hydrogen (secondary N) is 1. The molecule has 5 nitrogen and oxygen atoms in total. The topological polar surface area (TPSA) is 75.4 Å². The Hall–Kier alpha value is -1.59. The summed E-state index contributed by atoms with van der Waals surface area (Å²) < 4.78 is 0. The number of carbonyl (C=O) groups is 2. The Labute approximate surface area is 147 Å². The maximum Gasteiger partial charge on any atom is 0.225 e. The summed E-state index contributed by atoms with van der Waals surface area (Å²) in [5.41, 5.74) is 7.04. The molecule has 3 rings (SSSR count). The fourth-order valence-corrected chi connectivity index (χ4v) is 4.13. The predicted molar refractivity (Wildman–Crippen MR) is 93.4 cm³/mol. The summed E-state index contributed by atoms with van der Waals surface area (Å²) in [6.45, 7) is 3.01. The van der Waals surface area contributed by atoms with Gasteiger partial charge in [-0.25, -0.2) is 0 Å². The van der Waals surface area contributed by atoms with Gasteiger partial charge in [-0.1, -0.05) is 23.7 Å². The molecular formula is C18H24ClN3O2. The minimum absolute atomic E-state index is 0.0744. The summed E-state index contributed by atoms with van der Waals surface area (Å²) in [5.74, 6) is 0.899. The summed E-state index contributed by atoms with van der Waals surface area (Å²) in [7, 11) is 0. The number of fused-ring (bicyclic) bond motifs is 1. The fraction of sp³-hybridized carbons (Fsp3) is 0.556. The largest absolute Gasteiger partial charge is 0.349 e. The highest BCUT2D eigenvalue weighted by molar-refractivity contribution is 6.30. The van der Waals surface area contributed by atoms with E-state index in [2.05, 4.69) is 5.32 Å². The third kappa shape index (κ3) is 3.73. The average molecular weight is 350 g/mol. The van der Waals surface area contributed by atoms with Gasteiger partial charge in [-0.2, -0.15) is 0 Å². The summed E-state index contributed by atoms with van der Waals surface area (Å²) in [6, 6.07) is 7.14. The van der Waals surface area contributed by atoms with Crippen molar-refractivity contribution >= 4 is 23.4 Å². The van der Waals surface area contributed by atoms with Crippen molar-refractivity contribution in [3.8, 4) is 0 Å². The third-order valence-corrected chi connectivity index (χ3v) is 5.55. The molecular weight excluding hydrogens is 326 g/mol. The van der Waals surface area contributed by atoms with E-state index in [4.69, 9.17) is 17.3 Å². The zero-order chi connectivity index (χ0) is 17.3. The zero-order valence-corrected chi connectivity index (χ0v) is 14.6. The highest BCUT2D eigenvalue weighted by atomic mass is 35.5. The van der Waals surface area contributed by atoms with E-state index in [9.17, 15) is 9.59 Å². The number of nitrogens with two attached hydrogens (primary N) is 1. The van der Waals surface area contributed by atoms with Crippen LogP contribution in [0.15, 0.2) is 24.3 Å². The highest BCUT2D eigenvalue weighted by Crippen LogP contribution is 2.37. The van der Waals surface area contributed by atoms with Crippen LogP contribution in [0.2, 0.25) is 5.02 Å². The van der Waals surface area contributed by atoms with Crippen molar-refractivity contribution in [1.82, 2.24) is 10.2 Å². The lowest BCUT2D eigenvalue weighted by molar-refractivity contribution is -0.131. The van der Waals surface area contributed by atoms with Gasteiger partial charge in [-0.15, -0.1) is 0 Å². The minimum atomic E-state index is -0.332. The number of amides is 2. The van der Waals surface area contributed by atoms with Crippen molar-refractivity contribution in [1.29, 1.82) is 0 Å². The molecule has 0 bridgehead atoms. The number of benzene rings is 1. The van der Waals surface area contributed by atoms with E-state index in [1.165, 1.54) is 6.92 Å². The monoisotopic (exact) mass is 349 g/mol. The van der Waals surface area contributed by atoms with Crippen LogP contribution < -0.4 is 11.1 Å². The molecule has 3 N–H and O–H groups in total. The van der Waals surface area contributed by atoms with Crippen molar-refractivity contribution in [3.05, 3.63) is 34.9 Å². The summed E-state index contributed by atoms with van der Waals surface area (Å²) >= 11 is 5.93. The summed E-state index contributed by atoms with van der Waals surface area (Å²) in [4.78, 5) is 26.2. The Kier molecular flexibility index (Phi) is 5.11. The first kappa shape index (κ1) is 17.2. The Bertz CT molecular complexity index is 619. The van der Waals surface area contributed by atoms with Crippen LogP contribution in [0.5, 0.6) is 0 Å². The van der Waals surface area contributed by atoms with Gasteiger partial charge in [0.15, 0.2) is 0 Å². The Morgan fingerprint density at radius 2 is 2.00 bits per heavy atom. The molecule has 1 aliphatic carbocycles. The van der Waals surface area contributed by atoms with E-state index in [0.717, 1.165) is 31.5 Å². The number of rotatable bonds is 4. The van der Waals surface area contributed by atoms with Crippen molar-refractivity contribution in [2.45, 2.75) is 38.3 Å². The van der Waals surface area contributed by atoms with Crippen LogP contribution in [0.25, 0.3) is 0 Å². The van der Waals surface area contributed by atoms with Crippen molar-refractivity contribution in [2.24, 2.45) is 17.6 Å². The van der Waals surface area contributed by atoms with Crippen LogP contribution in [0, 0.1) is 11.8 Å². The van der Waals surface area contributed by atoms with Gasteiger partial charge in [-0.05, 0) is 42.4 Å². The molecule has 1 saturated heterocycles. The Morgan fingerprint density at radius 3 is 2.62 bits per heavy atom. The van der Waals surface area contributed by atoms with Crippen LogP contribution in [0.1, 0.15) is 37.8 Å². The van der Waals surface area contributed by atoms with Gasteiger partial charge in [0.05, 0.1) is 12.5 Å². The molecule has 1 heterocycles. The van der Waals surface area contributed by atoms with E-state index in [0.29, 0.717) is 16.9 Å². The second-order valence-electron chi connectivity index (χ2n) is 6.97. The number of hydrogen-bond donors (Lipinski definition) is 2. The van der Waals surface area contributed by atoms with E-state index >= 15 is 0 Å². The SMILES string of the molecule is CC(=O)NC(CC(=O)N1CC2CCC(N)C2C1)c1ccc(Cl)cc1. The molecule has 1 saturated carbocycles. The first-order chi connectivity index (χ1) is 11.4. The molecule has 6 heteroatoms. The van der Waals surface area contributed by atoms with Crippen LogP contribution in [0.3, 0.4) is 0 Å². The lowest BCUT2D eigenvalue weighted by atomic mass is 9.98. The molecule has 2 aliphatic rings. The second kappa shape index (κ2) is 7.11. The van der Waals surface area contributed by atoms with E-state index in [1.54, 1.807) is 12.1 Å². The number of hydrogen-bond acceptors (Lipinski definition) is 3. The van der Waals surface area contributed by atoms with Crippen LogP contribution in [-0.4, -0.2) is 35.8 Å². The van der Waals surface area contributed by atoms with E-state index < -0.39 is 0 Å². The number of likely N-dealkylation sites (tertiary alicyclic amines) is 1. The van der Waals surface area contributed by atoms with Gasteiger partial charge >= 0.3 is 0 Å². The quantitative estimate of drug-likeness (QED) is 0.874. The molecule has 4 atom stereocenters. The van der Waals surface area contributed by atoms with E-state index in [1.807, 2.05) is 17.0 Å². The molecule has 0 radical (unpaired) electrons. The van der Waals surface area contributed by atoms with Crippen molar-refractivity contribution in [3.63, 3.8) is 0 Å². The van der Waals surface area contributed by atoms with Gasteiger partial charge in [0.2, 0.25) is 11.8 Å². The van der Waals surface area contributed by atoms with Crippen molar-refractivity contribution < 1.29 is 9.59 Å². The lowest BCUT2D eigenvalue weighted by Gasteiger charge is -2.23. The average Bonchev–Trinajstić information content (AvgIpc) is 3.09. The second-order valence-corrected chi connectivity index (χ2v) is 7.41. The molecule has 0 aromatic heterocycles. The predicted octanol–water partition coefficient (Wildman–Crippen LogP) is 2.10. The third-order valence-electron chi connectivity index (χ3n) is 5.29. The molecule has 1 aromatic rings. The first-order valence-electron chi connectivity index (χ1n) is 8.50. The number of nitrogens with zero attached hydrogens (tertiary/aromatic N) is 1. The zero-order valence-electron chi connectivity index (χ0n) is 13.9. The van der Waals surface area contributed by atoms with Crippen LogP contribution in [-0.2, 0) is 9.59 Å². The summed E-state index contributed by atoms with van der Waals surface area (Å²) in [6.07, 6.45) is 2.44. The van der Waals surface area contributed by atoms with Crippen LogP contribution >= 0.6 is 11.6 Å². The van der Waals surface area contributed by atoms with Gasteiger partial charge in [-0.3, -0.25) is 9.59 Å². The molecule has 0 spiro atoms. The molecule has 2 amide bonds. The van der Waals surface area contributed by atoms with Crippen LogP contribution in [0.4, 0.5) is 0 Å². The van der Waals surface area contributed by atoms with Gasteiger partial charge < -0.3 is 16.0 Å².